The van der Waals surface area contributed by atoms with Crippen molar-refractivity contribution >= 4 is 50.3 Å². The van der Waals surface area contributed by atoms with Crippen molar-refractivity contribution in [3.63, 3.8) is 0 Å². The zero-order chi connectivity index (χ0) is 20.7. The average molecular weight is 433 g/mol. The number of rotatable bonds is 3. The zero-order valence-electron chi connectivity index (χ0n) is 16.5. The van der Waals surface area contributed by atoms with Gasteiger partial charge in [0.25, 0.3) is 5.91 Å². The number of halogens is 1. The maximum Gasteiger partial charge on any atom is 0.270 e. The van der Waals surface area contributed by atoms with Crippen LogP contribution in [0.3, 0.4) is 0 Å². The van der Waals surface area contributed by atoms with E-state index in [1.54, 1.807) is 0 Å². The molecule has 0 bridgehead atoms. The molecule has 1 aromatic heterocycles. The number of nitrogens with one attached hydrogen (secondary N) is 1. The number of para-hydroxylation sites is 2. The van der Waals surface area contributed by atoms with Crippen LogP contribution in [0.2, 0.25) is 5.02 Å². The number of thiophene rings is 1. The SMILES string of the molecule is C[C@@H]1C[C@H](Nc2ccccc2)c2ccccc2N1C(=O)c1sc2ccccc2c1Cl. The number of nitrogens with zero attached hydrogens (tertiary/aromatic N) is 1. The van der Waals surface area contributed by atoms with E-state index in [-0.39, 0.29) is 18.0 Å². The van der Waals surface area contributed by atoms with Crippen molar-refractivity contribution in [3.8, 4) is 0 Å². The quantitative estimate of drug-likeness (QED) is 0.373. The van der Waals surface area contributed by atoms with Gasteiger partial charge in [0.1, 0.15) is 4.88 Å². The lowest BCUT2D eigenvalue weighted by Crippen LogP contribution is -2.44. The molecule has 0 saturated heterocycles. The number of carbonyl (C=O) groups is 1. The topological polar surface area (TPSA) is 32.3 Å². The minimum absolute atomic E-state index is 0.0284. The summed E-state index contributed by atoms with van der Waals surface area (Å²) >= 11 is 8.10. The fourth-order valence-electron chi connectivity index (χ4n) is 4.26. The molecule has 0 radical (unpaired) electrons. The minimum Gasteiger partial charge on any atom is -0.378 e. The van der Waals surface area contributed by atoms with Gasteiger partial charge in [-0.25, -0.2) is 0 Å². The van der Waals surface area contributed by atoms with Crippen molar-refractivity contribution in [2.75, 3.05) is 10.2 Å². The van der Waals surface area contributed by atoms with Crippen molar-refractivity contribution in [2.45, 2.75) is 25.4 Å². The van der Waals surface area contributed by atoms with Crippen LogP contribution in [-0.4, -0.2) is 11.9 Å². The highest BCUT2D eigenvalue weighted by Gasteiger charge is 2.35. The maximum atomic E-state index is 13.7. The molecule has 30 heavy (non-hydrogen) atoms. The highest BCUT2D eigenvalue weighted by atomic mass is 35.5. The fourth-order valence-corrected chi connectivity index (χ4v) is 5.70. The van der Waals surface area contributed by atoms with Crippen LogP contribution in [0.25, 0.3) is 10.1 Å². The predicted molar refractivity (Wildman–Crippen MR) is 127 cm³/mol. The number of carbonyl (C=O) groups excluding carboxylic acids is 1. The van der Waals surface area contributed by atoms with Crippen molar-refractivity contribution in [3.05, 3.63) is 94.3 Å². The number of hydrogen-bond acceptors (Lipinski definition) is 3. The largest absolute Gasteiger partial charge is 0.378 e. The molecule has 2 atom stereocenters. The molecule has 5 rings (SSSR count). The molecule has 5 heteroatoms. The van der Waals surface area contributed by atoms with Crippen LogP contribution in [0, 0.1) is 0 Å². The smallest absolute Gasteiger partial charge is 0.270 e. The third-order valence-corrected chi connectivity index (χ3v) is 7.32. The van der Waals surface area contributed by atoms with E-state index in [0.29, 0.717) is 9.90 Å². The van der Waals surface area contributed by atoms with Crippen LogP contribution in [-0.2, 0) is 0 Å². The van der Waals surface area contributed by atoms with E-state index in [4.69, 9.17) is 11.6 Å². The van der Waals surface area contributed by atoms with E-state index in [1.807, 2.05) is 65.6 Å². The first-order valence-corrected chi connectivity index (χ1v) is 11.2. The van der Waals surface area contributed by atoms with E-state index in [1.165, 1.54) is 11.3 Å². The summed E-state index contributed by atoms with van der Waals surface area (Å²) in [4.78, 5) is 16.2. The van der Waals surface area contributed by atoms with Crippen molar-refractivity contribution in [1.82, 2.24) is 0 Å². The molecular weight excluding hydrogens is 412 g/mol. The average Bonchev–Trinajstić information content (AvgIpc) is 3.11. The van der Waals surface area contributed by atoms with Crippen LogP contribution in [0.15, 0.2) is 78.9 Å². The summed E-state index contributed by atoms with van der Waals surface area (Å²) in [6.45, 7) is 2.11. The van der Waals surface area contributed by atoms with Crippen molar-refractivity contribution in [2.24, 2.45) is 0 Å². The Morgan fingerprint density at radius 1 is 1.00 bits per heavy atom. The maximum absolute atomic E-state index is 13.7. The summed E-state index contributed by atoms with van der Waals surface area (Å²) in [5.41, 5.74) is 3.16. The molecule has 2 heterocycles. The molecule has 3 nitrogen and oxygen atoms in total. The number of amides is 1. The second-order valence-corrected chi connectivity index (χ2v) is 9.05. The lowest BCUT2D eigenvalue weighted by molar-refractivity contribution is 0.0978. The highest BCUT2D eigenvalue weighted by Crippen LogP contribution is 2.42. The molecule has 0 saturated carbocycles. The van der Waals surface area contributed by atoms with Gasteiger partial charge >= 0.3 is 0 Å². The van der Waals surface area contributed by atoms with Gasteiger partial charge < -0.3 is 10.2 Å². The Balaban J connectivity index is 1.54. The Morgan fingerprint density at radius 3 is 2.50 bits per heavy atom. The number of benzene rings is 3. The van der Waals surface area contributed by atoms with E-state index < -0.39 is 0 Å². The molecule has 0 fully saturated rings. The summed E-state index contributed by atoms with van der Waals surface area (Å²) in [6.07, 6.45) is 0.820. The minimum atomic E-state index is -0.0284. The summed E-state index contributed by atoms with van der Waals surface area (Å²) in [6, 6.07) is 26.5. The molecule has 1 aliphatic heterocycles. The van der Waals surface area contributed by atoms with E-state index in [2.05, 4.69) is 30.4 Å². The summed E-state index contributed by atoms with van der Waals surface area (Å²) in [5, 5.41) is 5.13. The predicted octanol–water partition coefficient (Wildman–Crippen LogP) is 7.15. The number of anilines is 2. The Bertz CT molecular complexity index is 1220. The Labute approximate surface area is 184 Å². The molecule has 150 valence electrons. The van der Waals surface area contributed by atoms with Gasteiger partial charge in [-0.2, -0.15) is 0 Å². The third kappa shape index (κ3) is 3.26. The molecule has 0 spiro atoms. The van der Waals surface area contributed by atoms with Crippen LogP contribution in [0.4, 0.5) is 11.4 Å². The second kappa shape index (κ2) is 7.78. The molecular formula is C25H21ClN2OS. The van der Waals surface area contributed by atoms with E-state index >= 15 is 0 Å². The summed E-state index contributed by atoms with van der Waals surface area (Å²) in [7, 11) is 0. The van der Waals surface area contributed by atoms with Gasteiger partial charge in [-0.1, -0.05) is 66.2 Å². The lowest BCUT2D eigenvalue weighted by Gasteiger charge is -2.39. The Kier molecular flexibility index (Phi) is 4.97. The number of hydrogen-bond donors (Lipinski definition) is 1. The van der Waals surface area contributed by atoms with Crippen LogP contribution in [0.5, 0.6) is 0 Å². The standard InChI is InChI=1S/C25H21ClN2OS/c1-16-15-20(27-17-9-3-2-4-10-17)18-11-5-7-13-21(18)28(16)25(29)24-23(26)19-12-6-8-14-22(19)30-24/h2-14,16,20,27H,15H2,1H3/t16-,20+/m1/s1. The van der Waals surface area contributed by atoms with Gasteiger partial charge in [0, 0.05) is 27.5 Å². The Hall–Kier alpha value is -2.82. The van der Waals surface area contributed by atoms with Crippen LogP contribution < -0.4 is 10.2 Å². The molecule has 0 unspecified atom stereocenters. The molecule has 1 amide bonds. The van der Waals surface area contributed by atoms with E-state index in [9.17, 15) is 4.79 Å². The first-order chi connectivity index (χ1) is 14.6. The second-order valence-electron chi connectivity index (χ2n) is 7.62. The lowest BCUT2D eigenvalue weighted by atomic mass is 9.91. The first kappa shape index (κ1) is 19.2. The third-order valence-electron chi connectivity index (χ3n) is 5.65. The van der Waals surface area contributed by atoms with E-state index in [0.717, 1.165) is 33.4 Å². The molecule has 1 aliphatic rings. The summed E-state index contributed by atoms with van der Waals surface area (Å²) in [5.74, 6) is -0.0284. The molecule has 4 aromatic rings. The molecule has 0 aliphatic carbocycles. The zero-order valence-corrected chi connectivity index (χ0v) is 18.1. The number of fused-ring (bicyclic) bond motifs is 2. The molecule has 3 aromatic carbocycles. The fraction of sp³-hybridized carbons (Fsp3) is 0.160. The van der Waals surface area contributed by atoms with Gasteiger partial charge in [-0.05, 0) is 43.2 Å². The highest BCUT2D eigenvalue weighted by molar-refractivity contribution is 7.21. The first-order valence-electron chi connectivity index (χ1n) is 10.0. The van der Waals surface area contributed by atoms with Crippen LogP contribution >= 0.6 is 22.9 Å². The summed E-state index contributed by atoms with van der Waals surface area (Å²) < 4.78 is 1.03. The van der Waals surface area contributed by atoms with Gasteiger partial charge in [0.15, 0.2) is 0 Å². The van der Waals surface area contributed by atoms with Crippen molar-refractivity contribution in [1.29, 1.82) is 0 Å². The van der Waals surface area contributed by atoms with Gasteiger partial charge in [0.05, 0.1) is 11.1 Å². The van der Waals surface area contributed by atoms with Gasteiger partial charge in [-0.15, -0.1) is 11.3 Å². The van der Waals surface area contributed by atoms with Gasteiger partial charge in [-0.3, -0.25) is 4.79 Å². The normalized spacial score (nSPS) is 18.3. The molecule has 1 N–H and O–H groups in total. The van der Waals surface area contributed by atoms with Gasteiger partial charge in [0.2, 0.25) is 0 Å². The Morgan fingerprint density at radius 2 is 1.70 bits per heavy atom. The van der Waals surface area contributed by atoms with Crippen molar-refractivity contribution < 1.29 is 4.79 Å². The monoisotopic (exact) mass is 432 g/mol. The van der Waals surface area contributed by atoms with Crippen LogP contribution in [0.1, 0.15) is 34.6 Å².